The fourth-order valence-corrected chi connectivity index (χ4v) is 5.31. The van der Waals surface area contributed by atoms with Crippen molar-refractivity contribution in [1.29, 1.82) is 0 Å². The molecule has 8 rings (SSSR count). The van der Waals surface area contributed by atoms with E-state index in [9.17, 15) is 0 Å². The van der Waals surface area contributed by atoms with Gasteiger partial charge in [0.2, 0.25) is 5.71 Å². The Bertz CT molecular complexity index is 2840. The third-order valence-corrected chi connectivity index (χ3v) is 7.51. The molecule has 0 unspecified atom stereocenters. The van der Waals surface area contributed by atoms with Gasteiger partial charge in [-0.15, -0.1) is 53.6 Å². The Morgan fingerprint density at radius 3 is 2.34 bits per heavy atom. The van der Waals surface area contributed by atoms with Crippen LogP contribution in [0.5, 0.6) is 0 Å². The molecule has 1 radical (unpaired) electrons. The summed E-state index contributed by atoms with van der Waals surface area (Å²) in [6.07, 6.45) is 2.54. The summed E-state index contributed by atoms with van der Waals surface area (Å²) in [7, 11) is 0. The summed E-state index contributed by atoms with van der Waals surface area (Å²) in [5.74, 6) is 0. The normalized spacial score (nSPS) is 17.0. The van der Waals surface area contributed by atoms with Crippen molar-refractivity contribution in [3.05, 3.63) is 150 Å². The summed E-state index contributed by atoms with van der Waals surface area (Å²) < 4.78 is 122. The number of aromatic nitrogens is 3. The van der Waals surface area contributed by atoms with E-state index in [1.165, 1.54) is 42.7 Å². The predicted octanol–water partition coefficient (Wildman–Crippen LogP) is 10.8. The van der Waals surface area contributed by atoms with Crippen LogP contribution in [-0.2, 0) is 20.1 Å². The summed E-state index contributed by atoms with van der Waals surface area (Å²) in [6.45, 7) is -11.9. The summed E-state index contributed by atoms with van der Waals surface area (Å²) >= 11 is 0. The van der Waals surface area contributed by atoms with Crippen molar-refractivity contribution in [1.82, 2.24) is 15.0 Å². The first-order chi connectivity index (χ1) is 28.4. The van der Waals surface area contributed by atoms with Crippen molar-refractivity contribution in [3.8, 4) is 33.6 Å². The van der Waals surface area contributed by atoms with Gasteiger partial charge in [-0.05, 0) is 89.5 Å². The fourth-order valence-electron chi connectivity index (χ4n) is 5.31. The third-order valence-electron chi connectivity index (χ3n) is 7.51. The maximum atomic E-state index is 8.22. The number of nitrogens with zero attached hydrogens (tertiary/aromatic N) is 3. The second kappa shape index (κ2) is 13.4. The topological polar surface area (TPSA) is 51.8 Å². The van der Waals surface area contributed by atoms with Gasteiger partial charge in [0.15, 0.2) is 0 Å². The van der Waals surface area contributed by atoms with Crippen molar-refractivity contribution >= 4 is 32.8 Å². The van der Waals surface area contributed by atoms with Gasteiger partial charge in [0.1, 0.15) is 0 Å². The minimum atomic E-state index is -2.59. The number of aryl methyl sites for hydroxylation is 5. The summed E-state index contributed by atoms with van der Waals surface area (Å²) in [4.78, 5) is 12.7. The van der Waals surface area contributed by atoms with Crippen molar-refractivity contribution < 1.29 is 45.1 Å². The second-order valence-electron chi connectivity index (χ2n) is 10.5. The van der Waals surface area contributed by atoms with E-state index < -0.39 is 34.3 Å². The molecule has 4 aromatic heterocycles. The first-order valence-electron chi connectivity index (χ1n) is 21.7. The van der Waals surface area contributed by atoms with Gasteiger partial charge in [-0.2, -0.15) is 0 Å². The summed E-state index contributed by atoms with van der Waals surface area (Å²) in [5, 5.41) is 2.60. The average molecular weight is 803 g/mol. The van der Waals surface area contributed by atoms with Gasteiger partial charge in [-0.3, -0.25) is 0 Å². The van der Waals surface area contributed by atoms with E-state index in [2.05, 4.69) is 27.1 Å². The minimum Gasteiger partial charge on any atom is -0.486 e. The molecule has 0 amide bonds. The zero-order valence-electron chi connectivity index (χ0n) is 39.5. The molecule has 0 saturated heterocycles. The SMILES string of the molecule is [2H]C([2H])([2H])c1c[c-]c(-c2ccc(C([2H])([2H])[2H])cn2)cc1.[2H]C([2H])([2H])c1ccc2c(n1)oc1c(-c3cc(-c4c(C([2H])([2H])[2H])ccc5ccccc45)c(C([2H])([2H])[2H])cn3)[c-]ccc12.[Ir]. The number of hydrogen-bond acceptors (Lipinski definition) is 4. The van der Waals surface area contributed by atoms with Crippen LogP contribution in [0, 0.1) is 46.4 Å². The zero-order chi connectivity index (χ0) is 44.3. The van der Waals surface area contributed by atoms with Crippen LogP contribution < -0.4 is 0 Å². The number of rotatable bonds is 3. The first-order valence-corrected chi connectivity index (χ1v) is 14.2. The maximum Gasteiger partial charge on any atom is 0.216 e. The van der Waals surface area contributed by atoms with Crippen molar-refractivity contribution in [2.45, 2.75) is 34.3 Å². The Kier molecular flexibility index (Phi) is 5.25. The molecule has 8 aromatic rings. The van der Waals surface area contributed by atoms with Crippen LogP contribution in [0.15, 0.2) is 114 Å². The molecule has 0 bridgehead atoms. The zero-order valence-corrected chi connectivity index (χ0v) is 26.9. The molecule has 0 aliphatic carbocycles. The van der Waals surface area contributed by atoms with Crippen LogP contribution >= 0.6 is 0 Å². The first kappa shape index (κ1) is 18.4. The Morgan fingerprint density at radius 1 is 0.681 bits per heavy atom. The van der Waals surface area contributed by atoms with Crippen molar-refractivity contribution in [3.63, 3.8) is 0 Å². The van der Waals surface area contributed by atoms with E-state index in [0.717, 1.165) is 5.39 Å². The van der Waals surface area contributed by atoms with E-state index in [4.69, 9.17) is 25.0 Å². The Labute approximate surface area is 310 Å². The van der Waals surface area contributed by atoms with E-state index in [1.54, 1.807) is 54.6 Å². The molecule has 0 spiro atoms. The second-order valence-corrected chi connectivity index (χ2v) is 10.5. The summed E-state index contributed by atoms with van der Waals surface area (Å²) in [6, 6.07) is 32.0. The maximum absolute atomic E-state index is 8.22. The molecule has 0 aliphatic rings. The van der Waals surface area contributed by atoms with Crippen LogP contribution in [0.4, 0.5) is 0 Å². The van der Waals surface area contributed by atoms with Crippen LogP contribution in [0.2, 0.25) is 0 Å². The van der Waals surface area contributed by atoms with Gasteiger partial charge >= 0.3 is 0 Å². The molecule has 0 atom stereocenters. The number of hydrogen-bond donors (Lipinski definition) is 0. The van der Waals surface area contributed by atoms with Gasteiger partial charge < -0.3 is 14.4 Å². The van der Waals surface area contributed by atoms with E-state index in [0.29, 0.717) is 49.8 Å². The predicted molar refractivity (Wildman–Crippen MR) is 189 cm³/mol. The molecule has 5 heteroatoms. The standard InChI is InChI=1S/C29H21N2O.C13H12N.Ir/c1-17-11-13-20-7-4-5-8-21(20)27(17)25-15-26(30-16-18(25)2)24-10-6-9-22-23-14-12-19(3)31-29(23)32-28(22)24;1-10-3-6-12(7-4-10)13-8-5-11(2)9-14-13;/h4-9,11-16H,1-3H3;3-6,8-9H,1-2H3;/q2*-1;/i1D3,2D3,3D3;1D3,2D3;. The molecule has 233 valence electrons. The largest absolute Gasteiger partial charge is 0.486 e. The summed E-state index contributed by atoms with van der Waals surface area (Å²) in [5.41, 5.74) is 3.04. The van der Waals surface area contributed by atoms with Gasteiger partial charge in [0, 0.05) is 64.1 Å². The molecule has 0 aliphatic heterocycles. The molecule has 4 nitrogen and oxygen atoms in total. The quantitative estimate of drug-likeness (QED) is 0.167. The van der Waals surface area contributed by atoms with Gasteiger partial charge in [0.25, 0.3) is 0 Å². The smallest absolute Gasteiger partial charge is 0.216 e. The van der Waals surface area contributed by atoms with Gasteiger partial charge in [-0.1, -0.05) is 72.4 Å². The molecular formula is C42H33IrN3O-2. The Balaban J connectivity index is 0.000000258. The Hall–Kier alpha value is -4.96. The van der Waals surface area contributed by atoms with Crippen LogP contribution in [0.3, 0.4) is 0 Å². The molecule has 47 heavy (non-hydrogen) atoms. The van der Waals surface area contributed by atoms with Crippen LogP contribution in [0.1, 0.15) is 48.5 Å². The minimum absolute atomic E-state index is 0. The van der Waals surface area contributed by atoms with Crippen LogP contribution in [-0.4, -0.2) is 15.0 Å². The van der Waals surface area contributed by atoms with E-state index >= 15 is 0 Å². The average Bonchev–Trinajstić information content (AvgIpc) is 3.57. The molecule has 0 fully saturated rings. The molecular weight excluding hydrogens is 755 g/mol. The van der Waals surface area contributed by atoms with Gasteiger partial charge in [0.05, 0.1) is 5.58 Å². The molecule has 4 heterocycles. The number of fused-ring (bicyclic) bond motifs is 4. The third kappa shape index (κ3) is 6.38. The van der Waals surface area contributed by atoms with Crippen molar-refractivity contribution in [2.75, 3.05) is 0 Å². The Morgan fingerprint density at radius 2 is 1.55 bits per heavy atom. The monoisotopic (exact) mass is 803 g/mol. The van der Waals surface area contributed by atoms with Crippen molar-refractivity contribution in [2.24, 2.45) is 0 Å². The van der Waals surface area contributed by atoms with E-state index in [-0.39, 0.29) is 59.3 Å². The van der Waals surface area contributed by atoms with E-state index in [1.807, 2.05) is 12.1 Å². The molecule has 4 aromatic carbocycles. The number of benzene rings is 4. The molecule has 0 saturated carbocycles. The fraction of sp³-hybridized carbons (Fsp3) is 0.119. The number of pyridine rings is 3. The number of furan rings is 1. The molecule has 0 N–H and O–H groups in total. The van der Waals surface area contributed by atoms with Crippen LogP contribution in [0.25, 0.3) is 66.5 Å². The van der Waals surface area contributed by atoms with Gasteiger partial charge in [-0.25, -0.2) is 4.98 Å².